The molecular formula is C18H15F3N2O4. The van der Waals surface area contributed by atoms with Crippen molar-refractivity contribution in [2.75, 3.05) is 6.61 Å². The number of ether oxygens (including phenoxy) is 1. The Morgan fingerprint density at radius 3 is 2.44 bits per heavy atom. The van der Waals surface area contributed by atoms with Crippen LogP contribution >= 0.6 is 0 Å². The Kier molecular flexibility index (Phi) is 6.53. The number of hydrogen-bond acceptors (Lipinski definition) is 4. The lowest BCUT2D eigenvalue weighted by Crippen LogP contribution is -2.20. The van der Waals surface area contributed by atoms with E-state index >= 15 is 0 Å². The van der Waals surface area contributed by atoms with Crippen LogP contribution in [0.4, 0.5) is 18.9 Å². The molecule has 0 aliphatic carbocycles. The number of nitro groups is 1. The van der Waals surface area contributed by atoms with Crippen LogP contribution in [-0.4, -0.2) is 23.6 Å². The number of amides is 1. The predicted octanol–water partition coefficient (Wildman–Crippen LogP) is 3.87. The molecule has 0 aromatic heterocycles. The Bertz CT molecular complexity index is 833. The average molecular weight is 380 g/mol. The summed E-state index contributed by atoms with van der Waals surface area (Å²) in [6.07, 6.45) is -1.91. The van der Waals surface area contributed by atoms with E-state index in [-0.39, 0.29) is 18.0 Å². The number of carbonyl (C=O) groups is 1. The first kappa shape index (κ1) is 20.0. The van der Waals surface area contributed by atoms with Gasteiger partial charge in [0.15, 0.2) is 6.61 Å². The van der Waals surface area contributed by atoms with E-state index in [0.717, 1.165) is 0 Å². The first-order chi connectivity index (χ1) is 12.7. The van der Waals surface area contributed by atoms with E-state index in [1.165, 1.54) is 54.6 Å². The van der Waals surface area contributed by atoms with Gasteiger partial charge in [0, 0.05) is 18.7 Å². The van der Waals surface area contributed by atoms with Crippen LogP contribution in [0.1, 0.15) is 11.1 Å². The van der Waals surface area contributed by atoms with Crippen molar-refractivity contribution >= 4 is 17.7 Å². The van der Waals surface area contributed by atoms with Crippen LogP contribution in [0.2, 0.25) is 0 Å². The predicted molar refractivity (Wildman–Crippen MR) is 92.0 cm³/mol. The second-order valence-electron chi connectivity index (χ2n) is 5.41. The minimum absolute atomic E-state index is 0.0682. The van der Waals surface area contributed by atoms with Crippen molar-refractivity contribution in [3.8, 4) is 5.75 Å². The quantitative estimate of drug-likeness (QED) is 0.449. The van der Waals surface area contributed by atoms with E-state index < -0.39 is 23.6 Å². The molecule has 2 rings (SSSR count). The lowest BCUT2D eigenvalue weighted by molar-refractivity contribution is -0.385. The minimum Gasteiger partial charge on any atom is -0.484 e. The summed E-state index contributed by atoms with van der Waals surface area (Å²) in [5, 5.41) is 13.5. The topological polar surface area (TPSA) is 81.5 Å². The Hall–Kier alpha value is -3.36. The zero-order chi connectivity index (χ0) is 19.9. The molecule has 9 heteroatoms. The van der Waals surface area contributed by atoms with Crippen molar-refractivity contribution in [2.24, 2.45) is 0 Å². The van der Waals surface area contributed by atoms with Crippen LogP contribution in [0.3, 0.4) is 0 Å². The first-order valence-electron chi connectivity index (χ1n) is 7.72. The molecule has 0 aliphatic rings. The summed E-state index contributed by atoms with van der Waals surface area (Å²) >= 11 is 0. The van der Waals surface area contributed by atoms with E-state index in [9.17, 15) is 28.1 Å². The number of nitrogens with zero attached hydrogens (tertiary/aromatic N) is 1. The molecule has 1 amide bonds. The zero-order valence-corrected chi connectivity index (χ0v) is 13.9. The normalized spacial score (nSPS) is 11.4. The molecule has 6 nitrogen and oxygen atoms in total. The van der Waals surface area contributed by atoms with Gasteiger partial charge in [-0.15, -0.1) is 0 Å². The number of hydrogen-bond donors (Lipinski definition) is 1. The van der Waals surface area contributed by atoms with Crippen LogP contribution in [0, 0.1) is 10.1 Å². The fraction of sp³-hybridized carbons (Fsp3) is 0.167. The fourth-order valence-corrected chi connectivity index (χ4v) is 2.08. The molecule has 0 radical (unpaired) electrons. The summed E-state index contributed by atoms with van der Waals surface area (Å²) < 4.78 is 40.8. The van der Waals surface area contributed by atoms with Gasteiger partial charge in [-0.25, -0.2) is 0 Å². The molecule has 0 spiro atoms. The summed E-state index contributed by atoms with van der Waals surface area (Å²) in [5.41, 5.74) is 0.835. The van der Waals surface area contributed by atoms with Crippen molar-refractivity contribution in [1.29, 1.82) is 0 Å². The SMILES string of the molecule is O=C(/C=C/c1ccccc1[N+](=O)[O-])NCc1ccc(OCC(F)(F)F)cc1. The maximum atomic E-state index is 12.1. The molecule has 0 atom stereocenters. The minimum atomic E-state index is -4.41. The number of para-hydroxylation sites is 1. The van der Waals surface area contributed by atoms with Crippen molar-refractivity contribution in [3.63, 3.8) is 0 Å². The van der Waals surface area contributed by atoms with Crippen LogP contribution < -0.4 is 10.1 Å². The highest BCUT2D eigenvalue weighted by Crippen LogP contribution is 2.20. The van der Waals surface area contributed by atoms with Gasteiger partial charge in [-0.3, -0.25) is 14.9 Å². The molecule has 0 bridgehead atoms. The van der Waals surface area contributed by atoms with E-state index in [4.69, 9.17) is 0 Å². The molecule has 1 N–H and O–H groups in total. The van der Waals surface area contributed by atoms with Gasteiger partial charge in [0.2, 0.25) is 5.91 Å². The van der Waals surface area contributed by atoms with Gasteiger partial charge in [-0.1, -0.05) is 24.3 Å². The van der Waals surface area contributed by atoms with Crippen LogP contribution in [-0.2, 0) is 11.3 Å². The summed E-state index contributed by atoms with van der Waals surface area (Å²) in [5.74, 6) is -0.399. The molecule has 2 aromatic carbocycles. The van der Waals surface area contributed by atoms with Gasteiger partial charge in [-0.05, 0) is 29.8 Å². The van der Waals surface area contributed by atoms with Crippen LogP contribution in [0.25, 0.3) is 6.08 Å². The van der Waals surface area contributed by atoms with Gasteiger partial charge < -0.3 is 10.1 Å². The Balaban J connectivity index is 1.88. The van der Waals surface area contributed by atoms with Gasteiger partial charge in [-0.2, -0.15) is 13.2 Å². The molecule has 142 valence electrons. The molecule has 0 fully saturated rings. The molecule has 0 saturated carbocycles. The molecule has 0 saturated heterocycles. The monoisotopic (exact) mass is 380 g/mol. The third-order valence-electron chi connectivity index (χ3n) is 3.34. The fourth-order valence-electron chi connectivity index (χ4n) is 2.08. The number of carbonyl (C=O) groups excluding carboxylic acids is 1. The van der Waals surface area contributed by atoms with E-state index in [1.807, 2.05) is 0 Å². The second kappa shape index (κ2) is 8.84. The number of halogens is 3. The number of rotatable bonds is 7. The van der Waals surface area contributed by atoms with Crippen LogP contribution in [0.15, 0.2) is 54.6 Å². The average Bonchev–Trinajstić information content (AvgIpc) is 2.63. The Morgan fingerprint density at radius 2 is 1.81 bits per heavy atom. The third kappa shape index (κ3) is 6.81. The van der Waals surface area contributed by atoms with Crippen molar-refractivity contribution in [1.82, 2.24) is 5.32 Å². The van der Waals surface area contributed by atoms with Crippen molar-refractivity contribution in [2.45, 2.75) is 12.7 Å². The maximum Gasteiger partial charge on any atom is 0.422 e. The third-order valence-corrected chi connectivity index (χ3v) is 3.34. The maximum absolute atomic E-state index is 12.1. The molecule has 27 heavy (non-hydrogen) atoms. The van der Waals surface area contributed by atoms with Gasteiger partial charge in [0.05, 0.1) is 10.5 Å². The van der Waals surface area contributed by atoms with E-state index in [0.29, 0.717) is 11.1 Å². The largest absolute Gasteiger partial charge is 0.484 e. The zero-order valence-electron chi connectivity index (χ0n) is 13.9. The molecular weight excluding hydrogens is 365 g/mol. The van der Waals surface area contributed by atoms with Gasteiger partial charge in [0.25, 0.3) is 5.69 Å². The highest BCUT2D eigenvalue weighted by atomic mass is 19.4. The summed E-state index contributed by atoms with van der Waals surface area (Å²) in [6, 6.07) is 11.8. The lowest BCUT2D eigenvalue weighted by atomic mass is 10.1. The smallest absolute Gasteiger partial charge is 0.422 e. The summed E-state index contributed by atoms with van der Waals surface area (Å²) in [4.78, 5) is 22.2. The molecule has 0 aliphatic heterocycles. The van der Waals surface area contributed by atoms with Crippen molar-refractivity contribution in [3.05, 3.63) is 75.8 Å². The standard InChI is InChI=1S/C18H15F3N2O4/c19-18(20,21)12-27-15-8-5-13(6-9-15)11-22-17(24)10-7-14-3-1-2-4-16(14)23(25)26/h1-10H,11-12H2,(H,22,24)/b10-7+. The highest BCUT2D eigenvalue weighted by Gasteiger charge is 2.28. The van der Waals surface area contributed by atoms with Gasteiger partial charge in [0.1, 0.15) is 5.75 Å². The Labute approximate surface area is 152 Å². The highest BCUT2D eigenvalue weighted by molar-refractivity contribution is 5.92. The lowest BCUT2D eigenvalue weighted by Gasteiger charge is -2.09. The van der Waals surface area contributed by atoms with Crippen LogP contribution in [0.5, 0.6) is 5.75 Å². The first-order valence-corrected chi connectivity index (χ1v) is 7.72. The van der Waals surface area contributed by atoms with E-state index in [2.05, 4.69) is 10.1 Å². The summed E-state index contributed by atoms with van der Waals surface area (Å²) in [7, 11) is 0. The number of nitro benzene ring substituents is 1. The second-order valence-corrected chi connectivity index (χ2v) is 5.41. The number of benzene rings is 2. The number of nitrogens with one attached hydrogen (secondary N) is 1. The molecule has 0 heterocycles. The van der Waals surface area contributed by atoms with Gasteiger partial charge >= 0.3 is 6.18 Å². The summed E-state index contributed by atoms with van der Waals surface area (Å²) in [6.45, 7) is -1.24. The van der Waals surface area contributed by atoms with E-state index in [1.54, 1.807) is 6.07 Å². The Morgan fingerprint density at radius 1 is 1.15 bits per heavy atom. The molecule has 0 unspecified atom stereocenters. The molecule has 2 aromatic rings. The van der Waals surface area contributed by atoms with Crippen molar-refractivity contribution < 1.29 is 27.6 Å². The number of alkyl halides is 3.